The number of nitrogens with one attached hydrogen (secondary N) is 1. The maximum absolute atomic E-state index is 14.3. The molecule has 0 radical (unpaired) electrons. The van der Waals surface area contributed by atoms with Crippen LogP contribution >= 0.6 is 0 Å². The highest BCUT2D eigenvalue weighted by molar-refractivity contribution is 5.89. The van der Waals surface area contributed by atoms with Gasteiger partial charge in [-0.15, -0.1) is 0 Å². The van der Waals surface area contributed by atoms with E-state index in [0.717, 1.165) is 22.2 Å². The summed E-state index contributed by atoms with van der Waals surface area (Å²) in [7, 11) is 0. The third-order valence-electron chi connectivity index (χ3n) is 4.29. The van der Waals surface area contributed by atoms with Gasteiger partial charge in [0.15, 0.2) is 0 Å². The van der Waals surface area contributed by atoms with Crippen molar-refractivity contribution in [2.75, 3.05) is 5.32 Å². The number of fused-ring (bicyclic) bond motifs is 1. The van der Waals surface area contributed by atoms with E-state index < -0.39 is 5.82 Å². The average Bonchev–Trinajstić information content (AvgIpc) is 3.07. The highest BCUT2D eigenvalue weighted by Crippen LogP contribution is 2.27. The Morgan fingerprint density at radius 2 is 1.78 bits per heavy atom. The molecule has 0 spiro atoms. The molecule has 0 fully saturated rings. The smallest absolute Gasteiger partial charge is 0.221 e. The van der Waals surface area contributed by atoms with Gasteiger partial charge in [0, 0.05) is 13.0 Å². The van der Waals surface area contributed by atoms with E-state index in [1.807, 2.05) is 30.3 Å². The molecule has 27 heavy (non-hydrogen) atoms. The Labute approximate surface area is 154 Å². The Morgan fingerprint density at radius 3 is 2.48 bits per heavy atom. The molecule has 5 nitrogen and oxygen atoms in total. The third kappa shape index (κ3) is 3.25. The number of amides is 1. The first-order chi connectivity index (χ1) is 13.0. The van der Waals surface area contributed by atoms with Crippen molar-refractivity contribution in [3.63, 3.8) is 0 Å². The Hall–Kier alpha value is -3.67. The maximum Gasteiger partial charge on any atom is 0.221 e. The molecule has 1 heterocycles. The summed E-state index contributed by atoms with van der Waals surface area (Å²) in [6, 6.07) is 17.4. The van der Waals surface area contributed by atoms with Gasteiger partial charge in [-0.05, 0) is 47.5 Å². The first-order valence-electron chi connectivity index (χ1n) is 8.35. The number of halogens is 1. The van der Waals surface area contributed by atoms with Crippen LogP contribution in [0, 0.1) is 5.82 Å². The van der Waals surface area contributed by atoms with Crippen molar-refractivity contribution in [1.29, 1.82) is 0 Å². The van der Waals surface area contributed by atoms with Crippen LogP contribution in [0.4, 0.5) is 10.1 Å². The van der Waals surface area contributed by atoms with Gasteiger partial charge in [-0.2, -0.15) is 0 Å². The molecule has 4 rings (SSSR count). The van der Waals surface area contributed by atoms with Crippen LogP contribution in [0.15, 0.2) is 67.0 Å². The lowest BCUT2D eigenvalue weighted by Gasteiger charge is -2.09. The fourth-order valence-electron chi connectivity index (χ4n) is 3.00. The van der Waals surface area contributed by atoms with Gasteiger partial charge in [0.25, 0.3) is 0 Å². The number of imidazole rings is 1. The van der Waals surface area contributed by atoms with Crippen LogP contribution in [-0.4, -0.2) is 20.6 Å². The number of anilines is 1. The fraction of sp³-hybridized carbons (Fsp3) is 0.0476. The van der Waals surface area contributed by atoms with Gasteiger partial charge in [0.1, 0.15) is 17.9 Å². The number of hydrogen-bond acceptors (Lipinski definition) is 3. The number of hydrogen-bond donors (Lipinski definition) is 2. The molecular weight excluding hydrogens is 345 g/mol. The molecule has 6 heteroatoms. The number of aromatic nitrogens is 2. The molecule has 134 valence electrons. The Balaban J connectivity index is 1.72. The summed E-state index contributed by atoms with van der Waals surface area (Å²) in [5.74, 6) is -0.615. The van der Waals surface area contributed by atoms with Crippen LogP contribution in [0.25, 0.3) is 27.8 Å². The van der Waals surface area contributed by atoms with Crippen molar-refractivity contribution < 1.29 is 14.3 Å². The summed E-state index contributed by atoms with van der Waals surface area (Å²) in [6.07, 6.45) is 1.64. The molecule has 0 saturated carbocycles. The van der Waals surface area contributed by atoms with Crippen LogP contribution in [0.2, 0.25) is 0 Å². The second-order valence-electron chi connectivity index (χ2n) is 6.21. The van der Waals surface area contributed by atoms with Crippen LogP contribution in [0.3, 0.4) is 0 Å². The van der Waals surface area contributed by atoms with Crippen LogP contribution in [-0.2, 0) is 4.79 Å². The minimum absolute atomic E-state index is 0.144. The molecule has 0 aliphatic carbocycles. The SMILES string of the molecule is CC(=O)Nc1ccc(-n2cnc3cc(-c4ccc(O)cc4)ccc32)cc1F. The highest BCUT2D eigenvalue weighted by Gasteiger charge is 2.10. The van der Waals surface area contributed by atoms with E-state index >= 15 is 0 Å². The molecule has 0 unspecified atom stereocenters. The van der Waals surface area contributed by atoms with Gasteiger partial charge in [0.2, 0.25) is 5.91 Å². The van der Waals surface area contributed by atoms with Crippen molar-refractivity contribution >= 4 is 22.6 Å². The Morgan fingerprint density at radius 1 is 1.04 bits per heavy atom. The zero-order valence-electron chi connectivity index (χ0n) is 14.5. The number of carbonyl (C=O) groups is 1. The highest BCUT2D eigenvalue weighted by atomic mass is 19.1. The van der Waals surface area contributed by atoms with Crippen LogP contribution < -0.4 is 5.32 Å². The molecule has 0 aliphatic heterocycles. The third-order valence-corrected chi connectivity index (χ3v) is 4.29. The Bertz CT molecular complexity index is 1150. The van der Waals surface area contributed by atoms with Crippen LogP contribution in [0.5, 0.6) is 5.75 Å². The molecule has 1 amide bonds. The predicted molar refractivity (Wildman–Crippen MR) is 102 cm³/mol. The van der Waals surface area contributed by atoms with Gasteiger partial charge in [0.05, 0.1) is 22.4 Å². The summed E-state index contributed by atoms with van der Waals surface area (Å²) < 4.78 is 16.0. The van der Waals surface area contributed by atoms with Gasteiger partial charge in [-0.3, -0.25) is 9.36 Å². The fourth-order valence-corrected chi connectivity index (χ4v) is 3.00. The summed E-state index contributed by atoms with van der Waals surface area (Å²) in [4.78, 5) is 15.5. The molecular formula is C21H16FN3O2. The van der Waals surface area contributed by atoms with E-state index in [4.69, 9.17) is 0 Å². The molecule has 0 bridgehead atoms. The second kappa shape index (κ2) is 6.57. The quantitative estimate of drug-likeness (QED) is 0.565. The largest absolute Gasteiger partial charge is 0.508 e. The molecule has 0 aliphatic rings. The van der Waals surface area contributed by atoms with Crippen molar-refractivity contribution in [3.8, 4) is 22.6 Å². The van der Waals surface area contributed by atoms with E-state index in [0.29, 0.717) is 5.69 Å². The lowest BCUT2D eigenvalue weighted by Crippen LogP contribution is -2.07. The van der Waals surface area contributed by atoms with Crippen molar-refractivity contribution in [2.45, 2.75) is 6.92 Å². The van der Waals surface area contributed by atoms with Crippen molar-refractivity contribution in [2.24, 2.45) is 0 Å². The van der Waals surface area contributed by atoms with Crippen molar-refractivity contribution in [3.05, 3.63) is 72.8 Å². The van der Waals surface area contributed by atoms with Crippen molar-refractivity contribution in [1.82, 2.24) is 9.55 Å². The van der Waals surface area contributed by atoms with E-state index in [-0.39, 0.29) is 17.3 Å². The second-order valence-corrected chi connectivity index (χ2v) is 6.21. The Kier molecular flexibility index (Phi) is 4.08. The van der Waals surface area contributed by atoms with Crippen LogP contribution in [0.1, 0.15) is 6.92 Å². The topological polar surface area (TPSA) is 67.2 Å². The first kappa shape index (κ1) is 16.8. The van der Waals surface area contributed by atoms with E-state index in [2.05, 4.69) is 10.3 Å². The van der Waals surface area contributed by atoms with E-state index in [9.17, 15) is 14.3 Å². The first-order valence-corrected chi connectivity index (χ1v) is 8.35. The standard InChI is InChI=1S/C21H16FN3O2/c1-13(26)24-19-8-5-16(11-18(19)22)25-12-23-20-10-15(4-9-21(20)25)14-2-6-17(27)7-3-14/h2-12,27H,1H3,(H,24,26). The minimum Gasteiger partial charge on any atom is -0.508 e. The van der Waals surface area contributed by atoms with Gasteiger partial charge in [-0.25, -0.2) is 9.37 Å². The molecule has 3 aromatic carbocycles. The summed E-state index contributed by atoms with van der Waals surface area (Å²) in [5, 5.41) is 11.9. The van der Waals surface area contributed by atoms with Gasteiger partial charge >= 0.3 is 0 Å². The van der Waals surface area contributed by atoms with E-state index in [1.54, 1.807) is 29.1 Å². The number of phenolic OH excluding ortho intramolecular Hbond substituents is 1. The summed E-state index contributed by atoms with van der Waals surface area (Å²) in [6.45, 7) is 1.34. The number of phenols is 1. The molecule has 0 saturated heterocycles. The van der Waals surface area contributed by atoms with Gasteiger partial charge < -0.3 is 10.4 Å². The minimum atomic E-state index is -0.509. The maximum atomic E-state index is 14.3. The molecule has 4 aromatic rings. The number of carbonyl (C=O) groups excluding carboxylic acids is 1. The van der Waals surface area contributed by atoms with Gasteiger partial charge in [-0.1, -0.05) is 18.2 Å². The normalized spacial score (nSPS) is 10.9. The summed E-state index contributed by atoms with van der Waals surface area (Å²) in [5.41, 5.74) is 4.30. The molecule has 0 atom stereocenters. The zero-order valence-corrected chi connectivity index (χ0v) is 14.5. The summed E-state index contributed by atoms with van der Waals surface area (Å²) >= 11 is 0. The monoisotopic (exact) mass is 361 g/mol. The molecule has 2 N–H and O–H groups in total. The molecule has 1 aromatic heterocycles. The average molecular weight is 361 g/mol. The number of nitrogens with zero attached hydrogens (tertiary/aromatic N) is 2. The number of benzene rings is 3. The number of aromatic hydroxyl groups is 1. The number of rotatable bonds is 3. The zero-order chi connectivity index (χ0) is 19.0. The lowest BCUT2D eigenvalue weighted by atomic mass is 10.1. The van der Waals surface area contributed by atoms with E-state index in [1.165, 1.54) is 19.1 Å². The predicted octanol–water partition coefficient (Wildman–Crippen LogP) is 4.50. The lowest BCUT2D eigenvalue weighted by molar-refractivity contribution is -0.114.